The van der Waals surface area contributed by atoms with E-state index in [0.29, 0.717) is 0 Å². The Hall–Kier alpha value is -0.0800. The van der Waals surface area contributed by atoms with Gasteiger partial charge in [0.1, 0.15) is 0 Å². The summed E-state index contributed by atoms with van der Waals surface area (Å²) in [6.45, 7) is 11.6. The van der Waals surface area contributed by atoms with Crippen LogP contribution in [0.4, 0.5) is 0 Å². The van der Waals surface area contributed by atoms with Gasteiger partial charge in [-0.15, -0.1) is 0 Å². The van der Waals surface area contributed by atoms with Crippen LogP contribution in [0, 0.1) is 5.92 Å². The molecule has 0 aliphatic rings. The molecular weight excluding hydrogens is 196 g/mol. The lowest BCUT2D eigenvalue weighted by Gasteiger charge is -2.20. The van der Waals surface area contributed by atoms with Crippen LogP contribution >= 0.6 is 0 Å². The van der Waals surface area contributed by atoms with Crippen LogP contribution in [0.3, 0.4) is 0 Å². The Kier molecular flexibility index (Phi) is 11.3. The number of rotatable bonds is 11. The Morgan fingerprint density at radius 1 is 1.06 bits per heavy atom. The van der Waals surface area contributed by atoms with Gasteiger partial charge in [0, 0.05) is 19.6 Å². The third kappa shape index (κ3) is 10.4. The molecule has 0 heterocycles. The molecule has 1 unspecified atom stereocenters. The van der Waals surface area contributed by atoms with Crippen molar-refractivity contribution in [3.63, 3.8) is 0 Å². The number of nitrogens with zero attached hydrogens (tertiary/aromatic N) is 1. The average Bonchev–Trinajstić information content (AvgIpc) is 2.27. The second-order valence-corrected chi connectivity index (χ2v) is 5.09. The molecule has 2 nitrogen and oxygen atoms in total. The van der Waals surface area contributed by atoms with Crippen LogP contribution in [-0.4, -0.2) is 38.1 Å². The summed E-state index contributed by atoms with van der Waals surface area (Å²) in [5, 5.41) is 3.52. The topological polar surface area (TPSA) is 15.3 Å². The van der Waals surface area contributed by atoms with E-state index in [9.17, 15) is 0 Å². The normalized spacial score (nSPS) is 13.3. The maximum atomic E-state index is 3.52. The van der Waals surface area contributed by atoms with Crippen molar-refractivity contribution in [1.29, 1.82) is 0 Å². The molecule has 98 valence electrons. The summed E-state index contributed by atoms with van der Waals surface area (Å²) in [5.74, 6) is 0.828. The van der Waals surface area contributed by atoms with E-state index in [1.165, 1.54) is 51.7 Å². The zero-order chi connectivity index (χ0) is 12.2. The monoisotopic (exact) mass is 228 g/mol. The Bertz CT molecular complexity index is 137. The number of hydrogen-bond acceptors (Lipinski definition) is 2. The zero-order valence-corrected chi connectivity index (χ0v) is 11.9. The molecule has 2 heteroatoms. The molecule has 0 aromatic rings. The summed E-state index contributed by atoms with van der Waals surface area (Å²) in [6.07, 6.45) is 6.72. The summed E-state index contributed by atoms with van der Waals surface area (Å²) in [7, 11) is 2.23. The molecule has 0 saturated carbocycles. The summed E-state index contributed by atoms with van der Waals surface area (Å²) >= 11 is 0. The minimum absolute atomic E-state index is 0.828. The van der Waals surface area contributed by atoms with Gasteiger partial charge in [-0.25, -0.2) is 0 Å². The average molecular weight is 228 g/mol. The van der Waals surface area contributed by atoms with Crippen LogP contribution in [0.25, 0.3) is 0 Å². The van der Waals surface area contributed by atoms with E-state index < -0.39 is 0 Å². The summed E-state index contributed by atoms with van der Waals surface area (Å²) in [4.78, 5) is 2.44. The molecule has 0 aliphatic heterocycles. The fourth-order valence-corrected chi connectivity index (χ4v) is 1.82. The van der Waals surface area contributed by atoms with E-state index in [0.717, 1.165) is 12.5 Å². The summed E-state index contributed by atoms with van der Waals surface area (Å²) < 4.78 is 0. The van der Waals surface area contributed by atoms with E-state index in [2.05, 4.69) is 38.0 Å². The van der Waals surface area contributed by atoms with Gasteiger partial charge in [0.15, 0.2) is 0 Å². The fraction of sp³-hybridized carbons (Fsp3) is 1.00. The predicted octanol–water partition coefficient (Wildman–Crippen LogP) is 3.13. The van der Waals surface area contributed by atoms with Gasteiger partial charge in [0.05, 0.1) is 0 Å². The van der Waals surface area contributed by atoms with Crippen molar-refractivity contribution in [3.05, 3.63) is 0 Å². The molecular formula is C14H32N2. The van der Waals surface area contributed by atoms with Crippen molar-refractivity contribution >= 4 is 0 Å². The molecule has 0 fully saturated rings. The van der Waals surface area contributed by atoms with Crippen LogP contribution in [0.15, 0.2) is 0 Å². The summed E-state index contributed by atoms with van der Waals surface area (Å²) in [6, 6.07) is 0. The van der Waals surface area contributed by atoms with Gasteiger partial charge < -0.3 is 10.2 Å². The molecule has 0 aromatic heterocycles. The van der Waals surface area contributed by atoms with Gasteiger partial charge in [-0.05, 0) is 25.9 Å². The van der Waals surface area contributed by atoms with E-state index in [1.54, 1.807) is 0 Å². The van der Waals surface area contributed by atoms with Crippen LogP contribution in [0.5, 0.6) is 0 Å². The molecule has 16 heavy (non-hydrogen) atoms. The van der Waals surface area contributed by atoms with Gasteiger partial charge in [-0.1, -0.05) is 46.5 Å². The first-order chi connectivity index (χ1) is 7.70. The first kappa shape index (κ1) is 15.9. The molecule has 0 saturated heterocycles. The molecule has 0 amide bonds. The quantitative estimate of drug-likeness (QED) is 0.547. The Morgan fingerprint density at radius 2 is 1.81 bits per heavy atom. The molecule has 1 N–H and O–H groups in total. The van der Waals surface area contributed by atoms with Crippen molar-refractivity contribution < 1.29 is 0 Å². The molecule has 0 radical (unpaired) electrons. The van der Waals surface area contributed by atoms with Crippen LogP contribution in [0.1, 0.15) is 52.9 Å². The lowest BCUT2D eigenvalue weighted by molar-refractivity contribution is 0.281. The molecule has 0 aromatic carbocycles. The second kappa shape index (κ2) is 11.4. The smallest absolute Gasteiger partial charge is 0.0104 e. The highest BCUT2D eigenvalue weighted by molar-refractivity contribution is 4.59. The Labute approximate surface area is 103 Å². The first-order valence-electron chi connectivity index (χ1n) is 7.09. The van der Waals surface area contributed by atoms with Gasteiger partial charge in [0.25, 0.3) is 0 Å². The second-order valence-electron chi connectivity index (χ2n) is 5.09. The zero-order valence-electron chi connectivity index (χ0n) is 11.9. The van der Waals surface area contributed by atoms with Crippen LogP contribution < -0.4 is 5.32 Å². The lowest BCUT2D eigenvalue weighted by Crippen LogP contribution is -2.32. The predicted molar refractivity (Wildman–Crippen MR) is 74.0 cm³/mol. The minimum Gasteiger partial charge on any atom is -0.315 e. The van der Waals surface area contributed by atoms with Crippen LogP contribution in [0.2, 0.25) is 0 Å². The van der Waals surface area contributed by atoms with Crippen molar-refractivity contribution in [2.24, 2.45) is 5.92 Å². The number of likely N-dealkylation sites (N-methyl/N-ethyl adjacent to an activating group) is 1. The van der Waals surface area contributed by atoms with E-state index in [-0.39, 0.29) is 0 Å². The standard InChI is InChI=1S/C14H32N2/c1-5-7-8-9-10-15-11-12-16(4)13-14(3)6-2/h14-15H,5-13H2,1-4H3. The van der Waals surface area contributed by atoms with Crippen molar-refractivity contribution in [2.75, 3.05) is 33.2 Å². The highest BCUT2D eigenvalue weighted by Gasteiger charge is 2.03. The highest BCUT2D eigenvalue weighted by atomic mass is 15.1. The van der Waals surface area contributed by atoms with Gasteiger partial charge >= 0.3 is 0 Å². The number of unbranched alkanes of at least 4 members (excludes halogenated alkanes) is 3. The van der Waals surface area contributed by atoms with E-state index in [1.807, 2.05) is 0 Å². The van der Waals surface area contributed by atoms with E-state index >= 15 is 0 Å². The fourth-order valence-electron chi connectivity index (χ4n) is 1.82. The van der Waals surface area contributed by atoms with E-state index in [4.69, 9.17) is 0 Å². The van der Waals surface area contributed by atoms with Gasteiger partial charge in [-0.2, -0.15) is 0 Å². The number of nitrogens with one attached hydrogen (secondary N) is 1. The summed E-state index contributed by atoms with van der Waals surface area (Å²) in [5.41, 5.74) is 0. The third-order valence-electron chi connectivity index (χ3n) is 3.20. The molecule has 0 spiro atoms. The van der Waals surface area contributed by atoms with Gasteiger partial charge in [-0.3, -0.25) is 0 Å². The highest BCUT2D eigenvalue weighted by Crippen LogP contribution is 2.01. The minimum atomic E-state index is 0.828. The van der Waals surface area contributed by atoms with Crippen molar-refractivity contribution in [2.45, 2.75) is 52.9 Å². The van der Waals surface area contributed by atoms with Crippen LogP contribution in [-0.2, 0) is 0 Å². The maximum absolute atomic E-state index is 3.52. The van der Waals surface area contributed by atoms with Gasteiger partial charge in [0.2, 0.25) is 0 Å². The molecule has 0 rings (SSSR count). The third-order valence-corrected chi connectivity index (χ3v) is 3.20. The maximum Gasteiger partial charge on any atom is 0.0104 e. The lowest BCUT2D eigenvalue weighted by atomic mass is 10.1. The SMILES string of the molecule is CCCCCCNCCN(C)CC(C)CC. The first-order valence-corrected chi connectivity index (χ1v) is 7.09. The molecule has 0 aliphatic carbocycles. The van der Waals surface area contributed by atoms with Crippen molar-refractivity contribution in [1.82, 2.24) is 10.2 Å². The van der Waals surface area contributed by atoms with Crippen molar-refractivity contribution in [3.8, 4) is 0 Å². The Balaban J connectivity index is 3.18. The largest absolute Gasteiger partial charge is 0.315 e. The molecule has 1 atom stereocenters. The number of hydrogen-bond donors (Lipinski definition) is 1. The Morgan fingerprint density at radius 3 is 2.44 bits per heavy atom. The molecule has 0 bridgehead atoms.